The van der Waals surface area contributed by atoms with Crippen molar-refractivity contribution in [3.63, 3.8) is 0 Å². The summed E-state index contributed by atoms with van der Waals surface area (Å²) in [5.74, 6) is 0.372. The largest absolute Gasteiger partial charge is 0.495 e. The second-order valence-corrected chi connectivity index (χ2v) is 3.37. The van der Waals surface area contributed by atoms with Crippen LogP contribution < -0.4 is 4.74 Å². The maximum Gasteiger partial charge on any atom is 0.299 e. The molecule has 0 saturated heterocycles. The topological polar surface area (TPSA) is 65.3 Å². The first-order valence-electron chi connectivity index (χ1n) is 4.96. The van der Waals surface area contributed by atoms with Gasteiger partial charge in [0.15, 0.2) is 0 Å². The number of ether oxygens (including phenoxy) is 1. The molecule has 0 spiro atoms. The highest BCUT2D eigenvalue weighted by molar-refractivity contribution is 5.70. The Morgan fingerprint density at radius 1 is 1.29 bits per heavy atom. The third kappa shape index (κ3) is 2.23. The van der Waals surface area contributed by atoms with Gasteiger partial charge in [-0.3, -0.25) is 10.1 Å². The van der Waals surface area contributed by atoms with Gasteiger partial charge in [-0.05, 0) is 0 Å². The summed E-state index contributed by atoms with van der Waals surface area (Å²) in [5, 5.41) is 11.0. The molecule has 17 heavy (non-hydrogen) atoms. The standard InChI is InChI=1S/C12H10N2O3/c1-17-10-7-11(14(15)16)12(13-8-10)9-5-3-2-4-6-9/h2-8H,1H3. The van der Waals surface area contributed by atoms with Gasteiger partial charge < -0.3 is 4.74 Å². The molecule has 0 radical (unpaired) electrons. The summed E-state index contributed by atoms with van der Waals surface area (Å²) in [4.78, 5) is 14.6. The van der Waals surface area contributed by atoms with Crippen LogP contribution in [0.2, 0.25) is 0 Å². The van der Waals surface area contributed by atoms with Gasteiger partial charge in [0.05, 0.1) is 24.3 Å². The maximum absolute atomic E-state index is 11.0. The van der Waals surface area contributed by atoms with E-state index in [1.165, 1.54) is 19.4 Å². The maximum atomic E-state index is 11.0. The Hall–Kier alpha value is -2.43. The number of benzene rings is 1. The van der Waals surface area contributed by atoms with Gasteiger partial charge in [-0.2, -0.15) is 0 Å². The minimum atomic E-state index is -0.460. The lowest BCUT2D eigenvalue weighted by atomic mass is 10.1. The number of hydrogen-bond donors (Lipinski definition) is 0. The van der Waals surface area contributed by atoms with Crippen LogP contribution in [0.25, 0.3) is 11.3 Å². The Morgan fingerprint density at radius 2 is 2.00 bits per heavy atom. The molecule has 2 aromatic rings. The number of nitro groups is 1. The summed E-state index contributed by atoms with van der Waals surface area (Å²) in [6.07, 6.45) is 1.47. The van der Waals surface area contributed by atoms with Crippen molar-refractivity contribution >= 4 is 5.69 Å². The van der Waals surface area contributed by atoms with E-state index in [1.54, 1.807) is 12.1 Å². The van der Waals surface area contributed by atoms with Gasteiger partial charge in [-0.15, -0.1) is 0 Å². The molecule has 0 N–H and O–H groups in total. The second kappa shape index (κ2) is 4.61. The van der Waals surface area contributed by atoms with Crippen LogP contribution in [0.5, 0.6) is 5.75 Å². The van der Waals surface area contributed by atoms with Crippen LogP contribution in [0.1, 0.15) is 0 Å². The molecule has 0 bridgehead atoms. The van der Waals surface area contributed by atoms with Crippen LogP contribution in [-0.2, 0) is 0 Å². The van der Waals surface area contributed by atoms with E-state index >= 15 is 0 Å². The van der Waals surface area contributed by atoms with Crippen LogP contribution in [0, 0.1) is 10.1 Å². The van der Waals surface area contributed by atoms with Crippen molar-refractivity contribution in [3.05, 3.63) is 52.7 Å². The lowest BCUT2D eigenvalue weighted by Gasteiger charge is -2.04. The van der Waals surface area contributed by atoms with Crippen molar-refractivity contribution in [3.8, 4) is 17.0 Å². The van der Waals surface area contributed by atoms with E-state index in [1.807, 2.05) is 18.2 Å². The van der Waals surface area contributed by atoms with Crippen molar-refractivity contribution < 1.29 is 9.66 Å². The molecule has 2 rings (SSSR count). The van der Waals surface area contributed by atoms with E-state index in [2.05, 4.69) is 4.98 Å². The first-order chi connectivity index (χ1) is 8.22. The number of rotatable bonds is 3. The molecule has 5 heteroatoms. The zero-order valence-electron chi connectivity index (χ0n) is 9.16. The van der Waals surface area contributed by atoms with E-state index in [9.17, 15) is 10.1 Å². The average molecular weight is 230 g/mol. The van der Waals surface area contributed by atoms with Gasteiger partial charge in [0.1, 0.15) is 11.4 Å². The molecule has 0 aliphatic carbocycles. The highest BCUT2D eigenvalue weighted by Gasteiger charge is 2.17. The third-order valence-corrected chi connectivity index (χ3v) is 2.32. The predicted octanol–water partition coefficient (Wildman–Crippen LogP) is 2.67. The minimum absolute atomic E-state index is 0.0597. The smallest absolute Gasteiger partial charge is 0.299 e. The van der Waals surface area contributed by atoms with Gasteiger partial charge in [-0.1, -0.05) is 30.3 Å². The minimum Gasteiger partial charge on any atom is -0.495 e. The van der Waals surface area contributed by atoms with Crippen molar-refractivity contribution in [1.82, 2.24) is 4.98 Å². The van der Waals surface area contributed by atoms with Crippen molar-refractivity contribution in [1.29, 1.82) is 0 Å². The summed E-state index contributed by atoms with van der Waals surface area (Å²) >= 11 is 0. The van der Waals surface area contributed by atoms with E-state index < -0.39 is 4.92 Å². The Morgan fingerprint density at radius 3 is 2.59 bits per heavy atom. The molecule has 86 valence electrons. The predicted molar refractivity (Wildman–Crippen MR) is 62.9 cm³/mol. The van der Waals surface area contributed by atoms with Crippen LogP contribution >= 0.6 is 0 Å². The van der Waals surface area contributed by atoms with Gasteiger partial charge in [0.25, 0.3) is 5.69 Å². The molecule has 0 atom stereocenters. The van der Waals surface area contributed by atoms with Gasteiger partial charge in [-0.25, -0.2) is 4.98 Å². The summed E-state index contributed by atoms with van der Waals surface area (Å²) in [7, 11) is 1.45. The molecular weight excluding hydrogens is 220 g/mol. The monoisotopic (exact) mass is 230 g/mol. The molecule has 0 fully saturated rings. The van der Waals surface area contributed by atoms with Gasteiger partial charge in [0, 0.05) is 5.56 Å². The molecule has 5 nitrogen and oxygen atoms in total. The highest BCUT2D eigenvalue weighted by atomic mass is 16.6. The van der Waals surface area contributed by atoms with E-state index in [0.29, 0.717) is 17.0 Å². The van der Waals surface area contributed by atoms with Gasteiger partial charge >= 0.3 is 0 Å². The molecule has 0 saturated carbocycles. The van der Waals surface area contributed by atoms with Crippen molar-refractivity contribution in [2.24, 2.45) is 0 Å². The van der Waals surface area contributed by atoms with E-state index in [-0.39, 0.29) is 5.69 Å². The lowest BCUT2D eigenvalue weighted by Crippen LogP contribution is -1.96. The third-order valence-electron chi connectivity index (χ3n) is 2.32. The first kappa shape index (κ1) is 11.1. The SMILES string of the molecule is COc1cnc(-c2ccccc2)c([N+](=O)[O-])c1. The van der Waals surface area contributed by atoms with Crippen molar-refractivity contribution in [2.75, 3.05) is 7.11 Å². The van der Waals surface area contributed by atoms with E-state index in [0.717, 1.165) is 0 Å². The van der Waals surface area contributed by atoms with Crippen LogP contribution in [0.15, 0.2) is 42.6 Å². The molecule has 0 aliphatic heterocycles. The molecule has 1 aromatic carbocycles. The summed E-state index contributed by atoms with van der Waals surface area (Å²) in [6, 6.07) is 10.4. The normalized spacial score (nSPS) is 9.94. The Kier molecular flexibility index (Phi) is 3.00. The van der Waals surface area contributed by atoms with Gasteiger partial charge in [0.2, 0.25) is 0 Å². The molecule has 1 heterocycles. The second-order valence-electron chi connectivity index (χ2n) is 3.37. The van der Waals surface area contributed by atoms with Crippen molar-refractivity contribution in [2.45, 2.75) is 0 Å². The quantitative estimate of drug-likeness (QED) is 0.600. The zero-order chi connectivity index (χ0) is 12.3. The number of methoxy groups -OCH3 is 1. The summed E-state index contributed by atoms with van der Waals surface area (Å²) in [6.45, 7) is 0. The fourth-order valence-electron chi connectivity index (χ4n) is 1.50. The fourth-order valence-corrected chi connectivity index (χ4v) is 1.50. The fraction of sp³-hybridized carbons (Fsp3) is 0.0833. The highest BCUT2D eigenvalue weighted by Crippen LogP contribution is 2.30. The lowest BCUT2D eigenvalue weighted by molar-refractivity contribution is -0.384. The Bertz CT molecular complexity index is 541. The first-order valence-corrected chi connectivity index (χ1v) is 4.96. The van der Waals surface area contributed by atoms with Crippen LogP contribution in [0.3, 0.4) is 0 Å². The zero-order valence-corrected chi connectivity index (χ0v) is 9.16. The Labute approximate surface area is 97.8 Å². The Balaban J connectivity index is 2.58. The van der Waals surface area contributed by atoms with E-state index in [4.69, 9.17) is 4.74 Å². The molecule has 0 aliphatic rings. The van der Waals surface area contributed by atoms with Crippen LogP contribution in [-0.4, -0.2) is 17.0 Å². The molecule has 1 aromatic heterocycles. The molecule has 0 amide bonds. The average Bonchev–Trinajstić information content (AvgIpc) is 2.39. The number of hydrogen-bond acceptors (Lipinski definition) is 4. The number of aromatic nitrogens is 1. The molecule has 0 unspecified atom stereocenters. The number of pyridine rings is 1. The number of nitrogens with zero attached hydrogens (tertiary/aromatic N) is 2. The molecular formula is C12H10N2O3. The van der Waals surface area contributed by atoms with Crippen LogP contribution in [0.4, 0.5) is 5.69 Å². The summed E-state index contributed by atoms with van der Waals surface area (Å²) < 4.78 is 4.93. The summed E-state index contributed by atoms with van der Waals surface area (Å²) in [5.41, 5.74) is 0.994.